The first kappa shape index (κ1) is 21.6. The fourth-order valence-electron chi connectivity index (χ4n) is 3.50. The van der Waals surface area contributed by atoms with Crippen LogP contribution in [0.3, 0.4) is 0 Å². The van der Waals surface area contributed by atoms with E-state index in [-0.39, 0.29) is 16.3 Å². The van der Waals surface area contributed by atoms with Crippen LogP contribution in [-0.4, -0.2) is 27.5 Å². The Morgan fingerprint density at radius 2 is 1.90 bits per heavy atom. The van der Waals surface area contributed by atoms with E-state index in [1.54, 1.807) is 18.2 Å². The van der Waals surface area contributed by atoms with Gasteiger partial charge in [0.1, 0.15) is 10.0 Å². The van der Waals surface area contributed by atoms with Crippen molar-refractivity contribution < 1.29 is 22.8 Å². The number of benzene rings is 1. The number of nitrogens with two attached hydrogens (primary N) is 1. The Hall–Kier alpha value is -2.66. The second-order valence-electron chi connectivity index (χ2n) is 6.98. The molecule has 0 fully saturated rings. The van der Waals surface area contributed by atoms with Crippen molar-refractivity contribution >= 4 is 50.8 Å². The highest BCUT2D eigenvalue weighted by atomic mass is 32.2. The lowest BCUT2D eigenvalue weighted by Crippen LogP contribution is -2.19. The van der Waals surface area contributed by atoms with Crippen molar-refractivity contribution in [3.63, 3.8) is 0 Å². The van der Waals surface area contributed by atoms with Crippen LogP contribution in [0, 0.1) is 0 Å². The van der Waals surface area contributed by atoms with Gasteiger partial charge < -0.3 is 11.1 Å². The quantitative estimate of drug-likeness (QED) is 0.429. The highest BCUT2D eigenvalue weighted by Gasteiger charge is 2.35. The van der Waals surface area contributed by atoms with Crippen LogP contribution in [0.4, 0.5) is 18.2 Å². The number of nitrogens with one attached hydrogen (secondary N) is 1. The van der Waals surface area contributed by atoms with Gasteiger partial charge in [-0.15, -0.1) is 11.3 Å². The standard InChI is InChI=1S/C20H17F3N4O2S2/c21-20(22,23)19-25-12-7-3-1-5-10(12)17(27-19)30-9-14(28)26-18-15(16(24)29)11-6-2-4-8-13(11)31-18/h1,3,5,7H,2,4,6,8-9H2,(H2,24,29)(H,26,28). The van der Waals surface area contributed by atoms with Gasteiger partial charge in [0.15, 0.2) is 0 Å². The number of carbonyl (C=O) groups is 2. The van der Waals surface area contributed by atoms with Gasteiger partial charge >= 0.3 is 6.18 Å². The summed E-state index contributed by atoms with van der Waals surface area (Å²) < 4.78 is 39.5. The van der Waals surface area contributed by atoms with Crippen molar-refractivity contribution in [1.82, 2.24) is 9.97 Å². The molecule has 6 nitrogen and oxygen atoms in total. The summed E-state index contributed by atoms with van der Waals surface area (Å²) in [6.07, 6.45) is -1.17. The average molecular weight is 467 g/mol. The number of aromatic nitrogens is 2. The van der Waals surface area contributed by atoms with Crippen molar-refractivity contribution in [2.45, 2.75) is 36.9 Å². The van der Waals surface area contributed by atoms with Crippen LogP contribution in [0.2, 0.25) is 0 Å². The van der Waals surface area contributed by atoms with E-state index in [2.05, 4.69) is 15.3 Å². The third-order valence-electron chi connectivity index (χ3n) is 4.83. The van der Waals surface area contributed by atoms with Gasteiger partial charge in [0.25, 0.3) is 5.91 Å². The van der Waals surface area contributed by atoms with E-state index in [1.165, 1.54) is 17.4 Å². The lowest BCUT2D eigenvalue weighted by atomic mass is 9.95. The zero-order valence-electron chi connectivity index (χ0n) is 16.1. The van der Waals surface area contributed by atoms with Crippen LogP contribution < -0.4 is 11.1 Å². The maximum Gasteiger partial charge on any atom is 0.451 e. The molecule has 31 heavy (non-hydrogen) atoms. The van der Waals surface area contributed by atoms with E-state index in [9.17, 15) is 22.8 Å². The van der Waals surface area contributed by atoms with Crippen LogP contribution in [-0.2, 0) is 23.8 Å². The number of fused-ring (bicyclic) bond motifs is 2. The minimum absolute atomic E-state index is 0.0636. The Balaban J connectivity index is 1.56. The third-order valence-corrected chi connectivity index (χ3v) is 7.03. The number of anilines is 1. The number of nitrogens with zero attached hydrogens (tertiary/aromatic N) is 2. The summed E-state index contributed by atoms with van der Waals surface area (Å²) in [5, 5.41) is 3.59. The van der Waals surface area contributed by atoms with Crippen molar-refractivity contribution in [2.75, 3.05) is 11.1 Å². The van der Waals surface area contributed by atoms with Gasteiger partial charge in [-0.25, -0.2) is 9.97 Å². The fourth-order valence-corrected chi connectivity index (χ4v) is 5.63. The minimum Gasteiger partial charge on any atom is -0.365 e. The number of rotatable bonds is 5. The molecule has 2 aromatic heterocycles. The number of carbonyl (C=O) groups excluding carboxylic acids is 2. The van der Waals surface area contributed by atoms with E-state index in [0.717, 1.165) is 47.9 Å². The predicted octanol–water partition coefficient (Wildman–Crippen LogP) is 4.42. The summed E-state index contributed by atoms with van der Waals surface area (Å²) in [5.41, 5.74) is 6.91. The van der Waals surface area contributed by atoms with Gasteiger partial charge in [-0.1, -0.05) is 30.0 Å². The molecule has 1 aliphatic carbocycles. The maximum atomic E-state index is 13.2. The monoisotopic (exact) mass is 466 g/mol. The zero-order valence-corrected chi connectivity index (χ0v) is 17.7. The summed E-state index contributed by atoms with van der Waals surface area (Å²) in [6.45, 7) is 0. The number of halogens is 3. The number of hydrogen-bond donors (Lipinski definition) is 2. The van der Waals surface area contributed by atoms with Gasteiger partial charge in [0.05, 0.1) is 16.8 Å². The third kappa shape index (κ3) is 4.52. The number of primary amides is 1. The van der Waals surface area contributed by atoms with Gasteiger partial charge in [-0.05, 0) is 37.3 Å². The lowest BCUT2D eigenvalue weighted by molar-refractivity contribution is -0.145. The Kier molecular flexibility index (Phi) is 5.89. The Labute approximate surface area is 183 Å². The molecule has 2 heterocycles. The first-order valence-electron chi connectivity index (χ1n) is 9.45. The highest BCUT2D eigenvalue weighted by molar-refractivity contribution is 8.00. The van der Waals surface area contributed by atoms with E-state index in [1.807, 2.05) is 0 Å². The molecule has 2 amide bonds. The number of hydrogen-bond acceptors (Lipinski definition) is 6. The van der Waals surface area contributed by atoms with Gasteiger partial charge in [-0.3, -0.25) is 9.59 Å². The molecule has 0 spiro atoms. The second kappa shape index (κ2) is 8.46. The van der Waals surface area contributed by atoms with Gasteiger partial charge in [-0.2, -0.15) is 13.2 Å². The van der Waals surface area contributed by atoms with Crippen LogP contribution in [0.1, 0.15) is 39.5 Å². The van der Waals surface area contributed by atoms with Crippen LogP contribution in [0.15, 0.2) is 29.3 Å². The summed E-state index contributed by atoms with van der Waals surface area (Å²) in [7, 11) is 0. The number of thioether (sulfide) groups is 1. The first-order valence-corrected chi connectivity index (χ1v) is 11.2. The molecule has 1 aliphatic rings. The first-order chi connectivity index (χ1) is 14.7. The number of alkyl halides is 3. The lowest BCUT2D eigenvalue weighted by Gasteiger charge is -2.11. The molecule has 3 aromatic rings. The van der Waals surface area contributed by atoms with Crippen LogP contribution in [0.25, 0.3) is 10.9 Å². The summed E-state index contributed by atoms with van der Waals surface area (Å²) in [6, 6.07) is 6.32. The number of para-hydroxylation sites is 1. The molecule has 0 aliphatic heterocycles. The molecule has 0 saturated heterocycles. The Morgan fingerprint density at radius 1 is 1.16 bits per heavy atom. The normalized spacial score (nSPS) is 13.8. The second-order valence-corrected chi connectivity index (χ2v) is 9.05. The molecule has 11 heteroatoms. The molecule has 0 bridgehead atoms. The van der Waals surface area contributed by atoms with E-state index >= 15 is 0 Å². The molecule has 0 atom stereocenters. The fraction of sp³-hybridized carbons (Fsp3) is 0.300. The van der Waals surface area contributed by atoms with Gasteiger partial charge in [0.2, 0.25) is 11.7 Å². The van der Waals surface area contributed by atoms with E-state index in [4.69, 9.17) is 5.73 Å². The van der Waals surface area contributed by atoms with Crippen molar-refractivity contribution in [2.24, 2.45) is 5.73 Å². The number of thiophene rings is 1. The van der Waals surface area contributed by atoms with Gasteiger partial charge in [0, 0.05) is 10.3 Å². The smallest absolute Gasteiger partial charge is 0.365 e. The van der Waals surface area contributed by atoms with Crippen LogP contribution >= 0.6 is 23.1 Å². The SMILES string of the molecule is NC(=O)c1c(NC(=O)CSc2nc(C(F)(F)F)nc3ccccc23)sc2c1CCCC2. The summed E-state index contributed by atoms with van der Waals surface area (Å²) >= 11 is 2.21. The Bertz CT molecular complexity index is 1180. The minimum atomic E-state index is -4.70. The van der Waals surface area contributed by atoms with Crippen molar-refractivity contribution in [1.29, 1.82) is 0 Å². The van der Waals surface area contributed by atoms with Crippen LogP contribution in [0.5, 0.6) is 0 Å². The number of amides is 2. The molecular weight excluding hydrogens is 449 g/mol. The number of aryl methyl sites for hydroxylation is 1. The molecule has 162 valence electrons. The zero-order chi connectivity index (χ0) is 22.2. The molecule has 0 saturated carbocycles. The van der Waals surface area contributed by atoms with Crippen molar-refractivity contribution in [3.05, 3.63) is 46.1 Å². The summed E-state index contributed by atoms with van der Waals surface area (Å²) in [4.78, 5) is 32.7. The highest BCUT2D eigenvalue weighted by Crippen LogP contribution is 2.38. The topological polar surface area (TPSA) is 98.0 Å². The predicted molar refractivity (Wildman–Crippen MR) is 113 cm³/mol. The molecular formula is C20H17F3N4O2S2. The van der Waals surface area contributed by atoms with Crippen molar-refractivity contribution in [3.8, 4) is 0 Å². The molecule has 0 radical (unpaired) electrons. The average Bonchev–Trinajstić information content (AvgIpc) is 3.09. The summed E-state index contributed by atoms with van der Waals surface area (Å²) in [5.74, 6) is -2.49. The molecule has 1 aromatic carbocycles. The molecule has 4 rings (SSSR count). The Morgan fingerprint density at radius 3 is 2.65 bits per heavy atom. The molecule has 3 N–H and O–H groups in total. The maximum absolute atomic E-state index is 13.2. The van der Waals surface area contributed by atoms with E-state index in [0.29, 0.717) is 16.0 Å². The van der Waals surface area contributed by atoms with E-state index < -0.39 is 23.8 Å². The molecule has 0 unspecified atom stereocenters. The largest absolute Gasteiger partial charge is 0.451 e.